The molecule has 0 aliphatic carbocycles. The highest BCUT2D eigenvalue weighted by atomic mass is 16.6. The number of carbonyl (C=O) groups is 2. The van der Waals surface area contributed by atoms with Crippen molar-refractivity contribution in [3.05, 3.63) is 0 Å². The molecular formula is C47H92O5. The Morgan fingerprint density at radius 3 is 0.981 bits per heavy atom. The van der Waals surface area contributed by atoms with E-state index in [0.29, 0.717) is 26.1 Å². The quantitative estimate of drug-likeness (QED) is 0.0460. The molecular weight excluding hydrogens is 645 g/mol. The molecule has 0 heterocycles. The van der Waals surface area contributed by atoms with Gasteiger partial charge in [0.25, 0.3) is 0 Å². The third-order valence-corrected chi connectivity index (χ3v) is 10.6. The zero-order valence-electron chi connectivity index (χ0n) is 35.6. The van der Waals surface area contributed by atoms with Gasteiger partial charge in [-0.1, -0.05) is 233 Å². The molecule has 0 rings (SSSR count). The molecule has 0 aromatic rings. The standard InChI is InChI=1S/C47H92O5/c1-4-7-10-13-16-19-22-23-24-25-27-28-31-34-37-40-46(48)51-44-45(43-50-42-39-36-33-30-21-18-15-12-9-6-3)52-47(49)41-38-35-32-29-26-20-17-14-11-8-5-2/h45H,4-44H2,1-3H3. The molecule has 1 atom stereocenters. The van der Waals surface area contributed by atoms with Gasteiger partial charge in [0.1, 0.15) is 6.61 Å². The zero-order valence-corrected chi connectivity index (χ0v) is 35.6. The first kappa shape index (κ1) is 50.9. The first-order chi connectivity index (χ1) is 25.6. The van der Waals surface area contributed by atoms with Gasteiger partial charge in [-0.15, -0.1) is 0 Å². The summed E-state index contributed by atoms with van der Waals surface area (Å²) in [5.74, 6) is -0.377. The SMILES string of the molecule is CCCCCCCCCCCCCCCCCC(=O)OCC(COCCCCCCCCCCCC)OC(=O)CCCCCCCCCCCCC. The minimum Gasteiger partial charge on any atom is -0.462 e. The minimum absolute atomic E-state index is 0.0968. The van der Waals surface area contributed by atoms with Crippen LogP contribution in [0.25, 0.3) is 0 Å². The minimum atomic E-state index is -0.520. The average molecular weight is 737 g/mol. The molecule has 1 unspecified atom stereocenters. The molecule has 0 radical (unpaired) electrons. The van der Waals surface area contributed by atoms with Crippen LogP contribution in [0.15, 0.2) is 0 Å². The summed E-state index contributed by atoms with van der Waals surface area (Å²) in [4.78, 5) is 25.2. The third kappa shape index (κ3) is 41.7. The van der Waals surface area contributed by atoms with E-state index in [9.17, 15) is 9.59 Å². The van der Waals surface area contributed by atoms with Gasteiger partial charge in [-0.2, -0.15) is 0 Å². The smallest absolute Gasteiger partial charge is 0.306 e. The lowest BCUT2D eigenvalue weighted by Gasteiger charge is -2.18. The average Bonchev–Trinajstić information content (AvgIpc) is 3.14. The fourth-order valence-electron chi connectivity index (χ4n) is 7.10. The van der Waals surface area contributed by atoms with Gasteiger partial charge >= 0.3 is 11.9 Å². The summed E-state index contributed by atoms with van der Waals surface area (Å²) in [6, 6.07) is 0. The van der Waals surface area contributed by atoms with Crippen LogP contribution in [0.1, 0.15) is 265 Å². The van der Waals surface area contributed by atoms with Gasteiger partial charge in [-0.05, 0) is 19.3 Å². The summed E-state index contributed by atoms with van der Waals surface area (Å²) >= 11 is 0. The largest absolute Gasteiger partial charge is 0.462 e. The molecule has 0 aliphatic rings. The van der Waals surface area contributed by atoms with Crippen molar-refractivity contribution < 1.29 is 23.8 Å². The molecule has 310 valence electrons. The molecule has 0 fully saturated rings. The van der Waals surface area contributed by atoms with E-state index in [1.165, 1.54) is 199 Å². The Balaban J connectivity index is 4.15. The molecule has 0 spiro atoms. The summed E-state index contributed by atoms with van der Waals surface area (Å²) in [5.41, 5.74) is 0. The maximum atomic E-state index is 12.7. The molecule has 52 heavy (non-hydrogen) atoms. The van der Waals surface area contributed by atoms with Crippen molar-refractivity contribution in [2.75, 3.05) is 19.8 Å². The lowest BCUT2D eigenvalue weighted by Crippen LogP contribution is -2.30. The van der Waals surface area contributed by atoms with E-state index in [0.717, 1.165) is 32.1 Å². The van der Waals surface area contributed by atoms with Crippen molar-refractivity contribution in [2.45, 2.75) is 271 Å². The molecule has 0 N–H and O–H groups in total. The molecule has 0 saturated carbocycles. The predicted octanol–water partition coefficient (Wildman–Crippen LogP) is 15.3. The van der Waals surface area contributed by atoms with E-state index in [1.54, 1.807) is 0 Å². The summed E-state index contributed by atoms with van der Waals surface area (Å²) in [5, 5.41) is 0. The van der Waals surface area contributed by atoms with Crippen LogP contribution in [-0.2, 0) is 23.8 Å². The second-order valence-corrected chi connectivity index (χ2v) is 16.0. The Morgan fingerprint density at radius 2 is 0.635 bits per heavy atom. The number of hydrogen-bond acceptors (Lipinski definition) is 5. The lowest BCUT2D eigenvalue weighted by atomic mass is 10.0. The van der Waals surface area contributed by atoms with Crippen molar-refractivity contribution in [3.8, 4) is 0 Å². The summed E-state index contributed by atoms with van der Waals surface area (Å²) in [6.45, 7) is 7.87. The van der Waals surface area contributed by atoms with E-state index >= 15 is 0 Å². The summed E-state index contributed by atoms with van der Waals surface area (Å²) in [7, 11) is 0. The third-order valence-electron chi connectivity index (χ3n) is 10.6. The van der Waals surface area contributed by atoms with Crippen molar-refractivity contribution in [2.24, 2.45) is 0 Å². The Labute approximate surface area is 325 Å². The highest BCUT2D eigenvalue weighted by molar-refractivity contribution is 5.70. The molecule has 0 aliphatic heterocycles. The van der Waals surface area contributed by atoms with Crippen molar-refractivity contribution >= 4 is 11.9 Å². The predicted molar refractivity (Wildman–Crippen MR) is 224 cm³/mol. The Bertz CT molecular complexity index is 710. The van der Waals surface area contributed by atoms with Crippen LogP contribution in [-0.4, -0.2) is 37.9 Å². The van der Waals surface area contributed by atoms with Gasteiger partial charge in [-0.3, -0.25) is 9.59 Å². The van der Waals surface area contributed by atoms with Crippen molar-refractivity contribution in [1.82, 2.24) is 0 Å². The second kappa shape index (κ2) is 44.3. The highest BCUT2D eigenvalue weighted by Crippen LogP contribution is 2.16. The molecule has 5 heteroatoms. The Morgan fingerprint density at radius 1 is 0.346 bits per heavy atom. The van der Waals surface area contributed by atoms with Crippen LogP contribution >= 0.6 is 0 Å². The maximum Gasteiger partial charge on any atom is 0.306 e. The van der Waals surface area contributed by atoms with Gasteiger partial charge in [0.15, 0.2) is 6.10 Å². The highest BCUT2D eigenvalue weighted by Gasteiger charge is 2.17. The first-order valence-electron chi connectivity index (χ1n) is 23.6. The van der Waals surface area contributed by atoms with Gasteiger partial charge in [0.2, 0.25) is 0 Å². The summed E-state index contributed by atoms with van der Waals surface area (Å²) < 4.78 is 17.3. The fraction of sp³-hybridized carbons (Fsp3) is 0.957. The van der Waals surface area contributed by atoms with Crippen LogP contribution in [0.5, 0.6) is 0 Å². The van der Waals surface area contributed by atoms with Gasteiger partial charge in [0.05, 0.1) is 6.61 Å². The fourth-order valence-corrected chi connectivity index (χ4v) is 7.10. The van der Waals surface area contributed by atoms with Gasteiger partial charge in [-0.25, -0.2) is 0 Å². The molecule has 0 amide bonds. The number of hydrogen-bond donors (Lipinski definition) is 0. The second-order valence-electron chi connectivity index (χ2n) is 16.0. The van der Waals surface area contributed by atoms with Crippen LogP contribution in [0.2, 0.25) is 0 Å². The van der Waals surface area contributed by atoms with Crippen LogP contribution in [0, 0.1) is 0 Å². The number of rotatable bonds is 44. The van der Waals surface area contributed by atoms with Crippen LogP contribution in [0.3, 0.4) is 0 Å². The van der Waals surface area contributed by atoms with Gasteiger partial charge in [0, 0.05) is 19.4 Å². The van der Waals surface area contributed by atoms with Crippen molar-refractivity contribution in [1.29, 1.82) is 0 Å². The molecule has 0 aromatic heterocycles. The van der Waals surface area contributed by atoms with E-state index in [2.05, 4.69) is 20.8 Å². The van der Waals surface area contributed by atoms with Crippen LogP contribution in [0.4, 0.5) is 0 Å². The Hall–Kier alpha value is -1.10. The molecule has 5 nitrogen and oxygen atoms in total. The summed E-state index contributed by atoms with van der Waals surface area (Å²) in [6.07, 6.45) is 46.6. The van der Waals surface area contributed by atoms with E-state index in [4.69, 9.17) is 14.2 Å². The van der Waals surface area contributed by atoms with E-state index in [-0.39, 0.29) is 18.5 Å². The molecule has 0 aromatic carbocycles. The van der Waals surface area contributed by atoms with E-state index < -0.39 is 6.10 Å². The lowest BCUT2D eigenvalue weighted by molar-refractivity contribution is -0.163. The molecule has 0 bridgehead atoms. The Kier molecular flexibility index (Phi) is 43.4. The van der Waals surface area contributed by atoms with Crippen molar-refractivity contribution in [3.63, 3.8) is 0 Å². The maximum absolute atomic E-state index is 12.7. The first-order valence-corrected chi connectivity index (χ1v) is 23.6. The number of esters is 2. The zero-order chi connectivity index (χ0) is 37.8. The molecule has 0 saturated heterocycles. The van der Waals surface area contributed by atoms with E-state index in [1.807, 2.05) is 0 Å². The number of unbranched alkanes of at least 4 members (excludes halogenated alkanes) is 33. The number of ether oxygens (including phenoxy) is 3. The number of carbonyl (C=O) groups excluding carboxylic acids is 2. The van der Waals surface area contributed by atoms with Crippen LogP contribution < -0.4 is 0 Å². The normalized spacial score (nSPS) is 12.0. The monoisotopic (exact) mass is 737 g/mol. The van der Waals surface area contributed by atoms with Gasteiger partial charge < -0.3 is 14.2 Å². The topological polar surface area (TPSA) is 61.8 Å².